The Morgan fingerprint density at radius 2 is 2.05 bits per heavy atom. The first kappa shape index (κ1) is 15.8. The number of nitrogens with zero attached hydrogens (tertiary/aromatic N) is 3. The number of amides is 1. The van der Waals surface area contributed by atoms with E-state index in [1.165, 1.54) is 0 Å². The summed E-state index contributed by atoms with van der Waals surface area (Å²) in [7, 11) is 2.12. The van der Waals surface area contributed by atoms with Gasteiger partial charge in [0.1, 0.15) is 0 Å². The van der Waals surface area contributed by atoms with Crippen LogP contribution in [0.25, 0.3) is 0 Å². The summed E-state index contributed by atoms with van der Waals surface area (Å²) in [5.74, 6) is 0.0998. The summed E-state index contributed by atoms with van der Waals surface area (Å²) in [6, 6.07) is 2.58. The Morgan fingerprint density at radius 3 is 2.67 bits per heavy atom. The van der Waals surface area contributed by atoms with Gasteiger partial charge in [0.15, 0.2) is 0 Å². The van der Waals surface area contributed by atoms with E-state index < -0.39 is 0 Å². The summed E-state index contributed by atoms with van der Waals surface area (Å²) in [6.07, 6.45) is 4.45. The second-order valence-corrected chi connectivity index (χ2v) is 5.92. The molecule has 5 heteroatoms. The second kappa shape index (κ2) is 6.89. The van der Waals surface area contributed by atoms with E-state index in [2.05, 4.69) is 43.0 Å². The highest BCUT2D eigenvalue weighted by Gasteiger charge is 2.30. The molecule has 1 saturated heterocycles. The van der Waals surface area contributed by atoms with Crippen LogP contribution in [-0.2, 0) is 0 Å². The Balaban J connectivity index is 2.16. The van der Waals surface area contributed by atoms with Crippen LogP contribution < -0.4 is 5.32 Å². The van der Waals surface area contributed by atoms with Crippen LogP contribution in [0.1, 0.15) is 37.6 Å². The van der Waals surface area contributed by atoms with Gasteiger partial charge >= 0.3 is 0 Å². The van der Waals surface area contributed by atoms with Crippen molar-refractivity contribution in [1.29, 1.82) is 0 Å². The first-order chi connectivity index (χ1) is 10.0. The Kier molecular flexibility index (Phi) is 5.17. The molecule has 2 unspecified atom stereocenters. The minimum Gasteiger partial charge on any atom is -0.383 e. The van der Waals surface area contributed by atoms with Gasteiger partial charge < -0.3 is 10.2 Å². The molecule has 21 heavy (non-hydrogen) atoms. The van der Waals surface area contributed by atoms with Crippen LogP contribution >= 0.6 is 0 Å². The van der Waals surface area contributed by atoms with E-state index >= 15 is 0 Å². The van der Waals surface area contributed by atoms with E-state index in [0.29, 0.717) is 12.1 Å². The van der Waals surface area contributed by atoms with Crippen LogP contribution in [0.15, 0.2) is 18.5 Å². The first-order valence-electron chi connectivity index (χ1n) is 7.73. The summed E-state index contributed by atoms with van der Waals surface area (Å²) in [5, 5.41) is 3.29. The van der Waals surface area contributed by atoms with Crippen molar-refractivity contribution >= 4 is 11.6 Å². The summed E-state index contributed by atoms with van der Waals surface area (Å²) in [5.41, 5.74) is 1.56. The highest BCUT2D eigenvalue weighted by atomic mass is 16.2. The van der Waals surface area contributed by atoms with Gasteiger partial charge in [0.2, 0.25) is 0 Å². The number of aromatic nitrogens is 1. The molecule has 1 fully saturated rings. The van der Waals surface area contributed by atoms with Crippen molar-refractivity contribution in [1.82, 2.24) is 14.8 Å². The lowest BCUT2D eigenvalue weighted by Gasteiger charge is -2.42. The van der Waals surface area contributed by atoms with Gasteiger partial charge in [-0.25, -0.2) is 0 Å². The van der Waals surface area contributed by atoms with Gasteiger partial charge in [0.05, 0.1) is 17.4 Å². The molecule has 0 aliphatic carbocycles. The van der Waals surface area contributed by atoms with Crippen molar-refractivity contribution in [3.05, 3.63) is 24.0 Å². The molecule has 0 radical (unpaired) electrons. The lowest BCUT2D eigenvalue weighted by molar-refractivity contribution is 0.0415. The Hall–Kier alpha value is -1.62. The van der Waals surface area contributed by atoms with Gasteiger partial charge in [0.25, 0.3) is 5.91 Å². The Bertz CT molecular complexity index is 479. The molecule has 1 aromatic rings. The number of hydrogen-bond donors (Lipinski definition) is 1. The van der Waals surface area contributed by atoms with E-state index in [1.54, 1.807) is 12.4 Å². The van der Waals surface area contributed by atoms with Crippen molar-refractivity contribution in [2.45, 2.75) is 39.3 Å². The molecule has 2 heterocycles. The zero-order valence-corrected chi connectivity index (χ0v) is 13.5. The van der Waals surface area contributed by atoms with Crippen LogP contribution in [0.2, 0.25) is 0 Å². The van der Waals surface area contributed by atoms with E-state index in [0.717, 1.165) is 37.3 Å². The number of carbonyl (C=O) groups excluding carboxylic acids is 1. The van der Waals surface area contributed by atoms with Crippen molar-refractivity contribution < 1.29 is 4.79 Å². The Morgan fingerprint density at radius 1 is 1.38 bits per heavy atom. The van der Waals surface area contributed by atoms with Crippen LogP contribution in [0.3, 0.4) is 0 Å². The van der Waals surface area contributed by atoms with Crippen molar-refractivity contribution in [2.24, 2.45) is 0 Å². The van der Waals surface area contributed by atoms with E-state index in [-0.39, 0.29) is 5.91 Å². The SMILES string of the molecule is CCCNc1cnccc1C(=O)N1CC(C)N(C)C(C)C1. The van der Waals surface area contributed by atoms with Gasteiger partial charge in [-0.05, 0) is 33.4 Å². The number of nitrogens with one attached hydrogen (secondary N) is 1. The lowest BCUT2D eigenvalue weighted by atomic mass is 10.1. The molecule has 0 aromatic carbocycles. The third-order valence-corrected chi connectivity index (χ3v) is 4.26. The minimum absolute atomic E-state index is 0.0998. The maximum Gasteiger partial charge on any atom is 0.256 e. The van der Waals surface area contributed by atoms with Gasteiger partial charge in [0, 0.05) is 37.9 Å². The number of likely N-dealkylation sites (N-methyl/N-ethyl adjacent to an activating group) is 1. The second-order valence-electron chi connectivity index (χ2n) is 5.92. The number of rotatable bonds is 4. The molecule has 1 aromatic heterocycles. The number of carbonyl (C=O) groups is 1. The Labute approximate surface area is 127 Å². The zero-order chi connectivity index (χ0) is 15.4. The van der Waals surface area contributed by atoms with Crippen LogP contribution in [-0.4, -0.2) is 59.5 Å². The van der Waals surface area contributed by atoms with Gasteiger partial charge in [-0.2, -0.15) is 0 Å². The summed E-state index contributed by atoms with van der Waals surface area (Å²) >= 11 is 0. The quantitative estimate of drug-likeness (QED) is 0.922. The fraction of sp³-hybridized carbons (Fsp3) is 0.625. The van der Waals surface area contributed by atoms with Crippen molar-refractivity contribution in [2.75, 3.05) is 32.0 Å². The molecular weight excluding hydrogens is 264 g/mol. The normalized spacial score (nSPS) is 23.1. The van der Waals surface area contributed by atoms with E-state index in [9.17, 15) is 4.79 Å². The lowest BCUT2D eigenvalue weighted by Crippen LogP contribution is -2.56. The topological polar surface area (TPSA) is 48.5 Å². The van der Waals surface area contributed by atoms with E-state index in [4.69, 9.17) is 0 Å². The summed E-state index contributed by atoms with van der Waals surface area (Å²) in [4.78, 5) is 21.2. The summed E-state index contributed by atoms with van der Waals surface area (Å²) < 4.78 is 0. The fourth-order valence-corrected chi connectivity index (χ4v) is 2.72. The third kappa shape index (κ3) is 3.53. The average molecular weight is 290 g/mol. The zero-order valence-electron chi connectivity index (χ0n) is 13.5. The molecule has 0 spiro atoms. The van der Waals surface area contributed by atoms with E-state index in [1.807, 2.05) is 11.0 Å². The smallest absolute Gasteiger partial charge is 0.256 e. The van der Waals surface area contributed by atoms with Crippen LogP contribution in [0, 0.1) is 0 Å². The number of pyridine rings is 1. The minimum atomic E-state index is 0.0998. The highest BCUT2D eigenvalue weighted by Crippen LogP contribution is 2.20. The number of hydrogen-bond acceptors (Lipinski definition) is 4. The molecule has 0 bridgehead atoms. The highest BCUT2D eigenvalue weighted by molar-refractivity contribution is 5.99. The third-order valence-electron chi connectivity index (χ3n) is 4.26. The predicted octanol–water partition coefficient (Wildman–Crippen LogP) is 2.07. The molecule has 1 N–H and O–H groups in total. The molecule has 1 aliphatic heterocycles. The maximum absolute atomic E-state index is 12.8. The van der Waals surface area contributed by atoms with Crippen LogP contribution in [0.5, 0.6) is 0 Å². The van der Waals surface area contributed by atoms with Gasteiger partial charge in [-0.1, -0.05) is 6.92 Å². The average Bonchev–Trinajstić information content (AvgIpc) is 2.49. The molecule has 116 valence electrons. The van der Waals surface area contributed by atoms with Gasteiger partial charge in [-0.15, -0.1) is 0 Å². The first-order valence-corrected chi connectivity index (χ1v) is 7.73. The monoisotopic (exact) mass is 290 g/mol. The molecule has 1 aliphatic rings. The molecule has 2 atom stereocenters. The summed E-state index contributed by atoms with van der Waals surface area (Å²) in [6.45, 7) is 8.83. The van der Waals surface area contributed by atoms with Crippen molar-refractivity contribution in [3.63, 3.8) is 0 Å². The maximum atomic E-state index is 12.8. The largest absolute Gasteiger partial charge is 0.383 e. The predicted molar refractivity (Wildman–Crippen MR) is 85.6 cm³/mol. The molecular formula is C16H26N4O. The van der Waals surface area contributed by atoms with Crippen molar-refractivity contribution in [3.8, 4) is 0 Å². The number of piperazine rings is 1. The molecule has 5 nitrogen and oxygen atoms in total. The van der Waals surface area contributed by atoms with Gasteiger partial charge in [-0.3, -0.25) is 14.7 Å². The van der Waals surface area contributed by atoms with Crippen LogP contribution in [0.4, 0.5) is 5.69 Å². The number of anilines is 1. The molecule has 0 saturated carbocycles. The standard InChI is InChI=1S/C16H26N4O/c1-5-7-18-15-9-17-8-6-14(15)16(21)20-10-12(2)19(4)13(3)11-20/h6,8-9,12-13,18H,5,7,10-11H2,1-4H3. The fourth-order valence-electron chi connectivity index (χ4n) is 2.72. The molecule has 1 amide bonds. The molecule has 2 rings (SSSR count).